The number of hydrogen-bond donors (Lipinski definition) is 1. The minimum absolute atomic E-state index is 0.798. The molecule has 0 aliphatic carbocycles. The lowest BCUT2D eigenvalue weighted by molar-refractivity contribution is 0.414. The summed E-state index contributed by atoms with van der Waals surface area (Å²) in [5, 5.41) is 8.72. The van der Waals surface area contributed by atoms with Crippen LogP contribution in [0.3, 0.4) is 0 Å². The van der Waals surface area contributed by atoms with Gasteiger partial charge in [-0.05, 0) is 54.1 Å². The van der Waals surface area contributed by atoms with Crippen LogP contribution in [0, 0.1) is 0 Å². The van der Waals surface area contributed by atoms with Gasteiger partial charge < -0.3 is 14.8 Å². The second-order valence-electron chi connectivity index (χ2n) is 7.77. The Hall–Kier alpha value is -4.51. The van der Waals surface area contributed by atoms with E-state index in [0.29, 0.717) is 0 Å². The molecule has 34 heavy (non-hydrogen) atoms. The fourth-order valence-electron chi connectivity index (χ4n) is 3.93. The molecule has 0 saturated carbocycles. The normalized spacial score (nSPS) is 10.6. The van der Waals surface area contributed by atoms with E-state index in [9.17, 15) is 0 Å². The molecule has 0 atom stereocenters. The van der Waals surface area contributed by atoms with Crippen LogP contribution < -0.4 is 14.8 Å². The van der Waals surface area contributed by atoms with E-state index in [-0.39, 0.29) is 0 Å². The lowest BCUT2D eigenvalue weighted by atomic mass is 10.0. The second kappa shape index (κ2) is 9.55. The highest BCUT2D eigenvalue weighted by Gasteiger charge is 2.22. The van der Waals surface area contributed by atoms with Crippen molar-refractivity contribution in [2.75, 3.05) is 19.5 Å². The third-order valence-corrected chi connectivity index (χ3v) is 5.66. The standard InChI is InChI=1S/C29H25N3O2/c1-33-25-17-13-23(14-18-25)30-29-27(21-9-5-3-6-10-21)28(22-11-7-4-8-12-22)31-32(29)24-15-19-26(34-2)20-16-24/h3-20,30H,1-2H3. The molecule has 0 bridgehead atoms. The van der Waals surface area contributed by atoms with Crippen molar-refractivity contribution < 1.29 is 9.47 Å². The number of methoxy groups -OCH3 is 2. The number of ether oxygens (including phenoxy) is 2. The smallest absolute Gasteiger partial charge is 0.142 e. The number of benzene rings is 4. The van der Waals surface area contributed by atoms with E-state index in [1.54, 1.807) is 14.2 Å². The summed E-state index contributed by atoms with van der Waals surface area (Å²) in [4.78, 5) is 0. The Morgan fingerprint density at radius 3 is 1.71 bits per heavy atom. The van der Waals surface area contributed by atoms with Gasteiger partial charge in [-0.25, -0.2) is 4.68 Å². The maximum absolute atomic E-state index is 5.36. The summed E-state index contributed by atoms with van der Waals surface area (Å²) in [5.41, 5.74) is 5.92. The van der Waals surface area contributed by atoms with Crippen LogP contribution in [-0.4, -0.2) is 24.0 Å². The molecule has 0 aliphatic rings. The highest BCUT2D eigenvalue weighted by Crippen LogP contribution is 2.40. The van der Waals surface area contributed by atoms with Crippen LogP contribution in [0.25, 0.3) is 28.1 Å². The molecule has 5 heteroatoms. The molecular weight excluding hydrogens is 422 g/mol. The molecule has 1 heterocycles. The Kier molecular flexibility index (Phi) is 5.99. The van der Waals surface area contributed by atoms with Crippen LogP contribution in [0.15, 0.2) is 109 Å². The largest absolute Gasteiger partial charge is 0.497 e. The summed E-state index contributed by atoms with van der Waals surface area (Å²) in [6.07, 6.45) is 0. The van der Waals surface area contributed by atoms with E-state index in [4.69, 9.17) is 14.6 Å². The summed E-state index contributed by atoms with van der Waals surface area (Å²) in [6.45, 7) is 0. The molecule has 4 aromatic carbocycles. The number of aromatic nitrogens is 2. The Morgan fingerprint density at radius 1 is 0.618 bits per heavy atom. The van der Waals surface area contributed by atoms with Crippen molar-refractivity contribution in [3.05, 3.63) is 109 Å². The zero-order chi connectivity index (χ0) is 23.3. The average Bonchev–Trinajstić information content (AvgIpc) is 3.29. The predicted molar refractivity (Wildman–Crippen MR) is 137 cm³/mol. The van der Waals surface area contributed by atoms with E-state index in [0.717, 1.165) is 51.1 Å². The van der Waals surface area contributed by atoms with Gasteiger partial charge in [0.2, 0.25) is 0 Å². The number of hydrogen-bond acceptors (Lipinski definition) is 4. The number of nitrogens with one attached hydrogen (secondary N) is 1. The molecule has 0 unspecified atom stereocenters. The quantitative estimate of drug-likeness (QED) is 0.293. The Morgan fingerprint density at radius 2 is 1.15 bits per heavy atom. The van der Waals surface area contributed by atoms with Crippen LogP contribution in [0.2, 0.25) is 0 Å². The topological polar surface area (TPSA) is 48.3 Å². The minimum atomic E-state index is 0.798. The van der Waals surface area contributed by atoms with Gasteiger partial charge in [0.05, 0.1) is 25.5 Å². The van der Waals surface area contributed by atoms with Crippen LogP contribution in [0.4, 0.5) is 11.5 Å². The third kappa shape index (κ3) is 4.24. The van der Waals surface area contributed by atoms with E-state index in [1.165, 1.54) is 0 Å². The van der Waals surface area contributed by atoms with Crippen molar-refractivity contribution in [2.45, 2.75) is 0 Å². The molecule has 5 nitrogen and oxygen atoms in total. The lowest BCUT2D eigenvalue weighted by Crippen LogP contribution is -2.03. The molecule has 0 amide bonds. The maximum Gasteiger partial charge on any atom is 0.142 e. The molecule has 1 aromatic heterocycles. The zero-order valence-electron chi connectivity index (χ0n) is 19.1. The lowest BCUT2D eigenvalue weighted by Gasteiger charge is -2.13. The minimum Gasteiger partial charge on any atom is -0.497 e. The van der Waals surface area contributed by atoms with Gasteiger partial charge in [-0.1, -0.05) is 60.7 Å². The Balaban J connectivity index is 1.74. The second-order valence-corrected chi connectivity index (χ2v) is 7.77. The predicted octanol–water partition coefficient (Wildman–Crippen LogP) is 6.97. The number of rotatable bonds is 7. The molecular formula is C29H25N3O2. The van der Waals surface area contributed by atoms with Gasteiger partial charge in [-0.2, -0.15) is 5.10 Å². The SMILES string of the molecule is COc1ccc(Nc2c(-c3ccccc3)c(-c3ccccc3)nn2-c2ccc(OC)cc2)cc1. The first-order valence-electron chi connectivity index (χ1n) is 11.1. The highest BCUT2D eigenvalue weighted by molar-refractivity contribution is 5.91. The van der Waals surface area contributed by atoms with Crippen molar-refractivity contribution in [1.82, 2.24) is 9.78 Å². The van der Waals surface area contributed by atoms with Crippen molar-refractivity contribution in [2.24, 2.45) is 0 Å². The van der Waals surface area contributed by atoms with Crippen molar-refractivity contribution in [3.63, 3.8) is 0 Å². The molecule has 0 radical (unpaired) electrons. The fourth-order valence-corrected chi connectivity index (χ4v) is 3.93. The maximum atomic E-state index is 5.36. The van der Waals surface area contributed by atoms with Crippen LogP contribution in [-0.2, 0) is 0 Å². The van der Waals surface area contributed by atoms with Gasteiger partial charge in [0, 0.05) is 11.3 Å². The van der Waals surface area contributed by atoms with E-state index < -0.39 is 0 Å². The summed E-state index contributed by atoms with van der Waals surface area (Å²) in [7, 11) is 3.33. The van der Waals surface area contributed by atoms with Crippen molar-refractivity contribution in [1.29, 1.82) is 0 Å². The Labute approximate surface area is 199 Å². The fraction of sp³-hybridized carbons (Fsp3) is 0.0690. The molecule has 5 rings (SSSR count). The summed E-state index contributed by atoms with van der Waals surface area (Å²) in [6, 6.07) is 36.4. The van der Waals surface area contributed by atoms with Crippen molar-refractivity contribution >= 4 is 11.5 Å². The monoisotopic (exact) mass is 447 g/mol. The number of nitrogens with zero attached hydrogens (tertiary/aromatic N) is 2. The van der Waals surface area contributed by atoms with Crippen LogP contribution >= 0.6 is 0 Å². The van der Waals surface area contributed by atoms with Gasteiger partial charge in [0.15, 0.2) is 0 Å². The van der Waals surface area contributed by atoms with Gasteiger partial charge in [-0.3, -0.25) is 0 Å². The average molecular weight is 448 g/mol. The molecule has 0 spiro atoms. The van der Waals surface area contributed by atoms with E-state index >= 15 is 0 Å². The number of anilines is 2. The summed E-state index contributed by atoms with van der Waals surface area (Å²) in [5.74, 6) is 2.48. The van der Waals surface area contributed by atoms with Crippen molar-refractivity contribution in [3.8, 4) is 39.6 Å². The molecule has 0 saturated heterocycles. The molecule has 0 aliphatic heterocycles. The first-order chi connectivity index (χ1) is 16.8. The van der Waals surface area contributed by atoms with Gasteiger partial charge in [0.1, 0.15) is 23.0 Å². The van der Waals surface area contributed by atoms with Gasteiger partial charge >= 0.3 is 0 Å². The van der Waals surface area contributed by atoms with E-state index in [2.05, 4.69) is 29.6 Å². The first kappa shape index (κ1) is 21.3. The summed E-state index contributed by atoms with van der Waals surface area (Å²) < 4.78 is 12.6. The van der Waals surface area contributed by atoms with Gasteiger partial charge in [-0.15, -0.1) is 0 Å². The molecule has 168 valence electrons. The molecule has 5 aromatic rings. The van der Waals surface area contributed by atoms with Gasteiger partial charge in [0.25, 0.3) is 0 Å². The molecule has 1 N–H and O–H groups in total. The highest BCUT2D eigenvalue weighted by atomic mass is 16.5. The van der Waals surface area contributed by atoms with E-state index in [1.807, 2.05) is 89.6 Å². The Bertz CT molecular complexity index is 1360. The van der Waals surface area contributed by atoms with Crippen LogP contribution in [0.1, 0.15) is 0 Å². The third-order valence-electron chi connectivity index (χ3n) is 5.66. The zero-order valence-corrected chi connectivity index (χ0v) is 19.1. The summed E-state index contributed by atoms with van der Waals surface area (Å²) >= 11 is 0. The molecule has 0 fully saturated rings. The first-order valence-corrected chi connectivity index (χ1v) is 11.1. The van der Waals surface area contributed by atoms with Crippen LogP contribution in [0.5, 0.6) is 11.5 Å².